The number of nitrogens with one attached hydrogen (secondary N) is 1. The summed E-state index contributed by atoms with van der Waals surface area (Å²) in [6.07, 6.45) is 0.703. The van der Waals surface area contributed by atoms with E-state index in [-0.39, 0.29) is 11.6 Å². The van der Waals surface area contributed by atoms with E-state index in [9.17, 15) is 10.1 Å². The lowest BCUT2D eigenvalue weighted by Crippen LogP contribution is -2.10. The van der Waals surface area contributed by atoms with Crippen molar-refractivity contribution in [2.24, 2.45) is 0 Å². The number of aryl methyl sites for hydroxylation is 1. The van der Waals surface area contributed by atoms with Crippen LogP contribution >= 0.6 is 11.6 Å². The lowest BCUT2D eigenvalue weighted by molar-refractivity contribution is -0.385. The maximum atomic E-state index is 11.5. The van der Waals surface area contributed by atoms with E-state index in [2.05, 4.69) is 10.3 Å². The van der Waals surface area contributed by atoms with Crippen LogP contribution in [0.3, 0.4) is 0 Å². The Hall–Kier alpha value is -2.34. The molecule has 1 aromatic carbocycles. The number of alkyl halides is 1. The molecule has 0 bridgehead atoms. The number of nitro groups is 1. The highest BCUT2D eigenvalue weighted by molar-refractivity contribution is 6.17. The SMILES string of the molecule is Cc1nc(Oc2ccccc2)c([N+](=O)[O-])c(NCCCCl)c1C. The van der Waals surface area contributed by atoms with Gasteiger partial charge in [0.1, 0.15) is 11.4 Å². The van der Waals surface area contributed by atoms with Gasteiger partial charge in [0, 0.05) is 23.7 Å². The van der Waals surface area contributed by atoms with Crippen molar-refractivity contribution in [3.63, 3.8) is 0 Å². The molecule has 0 amide bonds. The van der Waals surface area contributed by atoms with Crippen LogP contribution in [0.15, 0.2) is 30.3 Å². The van der Waals surface area contributed by atoms with Gasteiger partial charge in [-0.05, 0) is 32.4 Å². The second-order valence-electron chi connectivity index (χ2n) is 4.99. The molecule has 0 fully saturated rings. The molecule has 6 nitrogen and oxygen atoms in total. The number of aromatic nitrogens is 1. The van der Waals surface area contributed by atoms with Crippen molar-refractivity contribution in [1.82, 2.24) is 4.98 Å². The van der Waals surface area contributed by atoms with Crippen LogP contribution in [0.2, 0.25) is 0 Å². The zero-order valence-corrected chi connectivity index (χ0v) is 13.8. The van der Waals surface area contributed by atoms with Crippen LogP contribution in [0.4, 0.5) is 11.4 Å². The van der Waals surface area contributed by atoms with Crippen molar-refractivity contribution >= 4 is 23.0 Å². The first-order chi connectivity index (χ1) is 11.0. The van der Waals surface area contributed by atoms with Gasteiger partial charge in [-0.3, -0.25) is 10.1 Å². The van der Waals surface area contributed by atoms with Crippen LogP contribution in [-0.2, 0) is 0 Å². The number of hydrogen-bond donors (Lipinski definition) is 1. The third kappa shape index (κ3) is 4.10. The van der Waals surface area contributed by atoms with E-state index >= 15 is 0 Å². The highest BCUT2D eigenvalue weighted by Crippen LogP contribution is 2.39. The summed E-state index contributed by atoms with van der Waals surface area (Å²) >= 11 is 5.67. The summed E-state index contributed by atoms with van der Waals surface area (Å²) in [6, 6.07) is 8.88. The van der Waals surface area contributed by atoms with Crippen LogP contribution < -0.4 is 10.1 Å². The van der Waals surface area contributed by atoms with Crippen molar-refractivity contribution in [2.45, 2.75) is 20.3 Å². The van der Waals surface area contributed by atoms with Crippen molar-refractivity contribution < 1.29 is 9.66 Å². The molecule has 0 spiro atoms. The zero-order chi connectivity index (χ0) is 16.8. The second kappa shape index (κ2) is 7.78. The third-order valence-electron chi connectivity index (χ3n) is 3.38. The Morgan fingerprint density at radius 1 is 1.30 bits per heavy atom. The standard InChI is InChI=1S/C16H18ClN3O3/c1-11-12(2)19-16(23-13-7-4-3-5-8-13)15(20(21)22)14(11)18-10-6-9-17/h3-5,7-8H,6,9-10H2,1-2H3,(H,18,19). The van der Waals surface area contributed by atoms with E-state index in [1.54, 1.807) is 38.1 Å². The number of pyridine rings is 1. The number of benzene rings is 1. The molecule has 2 aromatic rings. The normalized spacial score (nSPS) is 10.4. The van der Waals surface area contributed by atoms with Crippen LogP contribution in [0.1, 0.15) is 17.7 Å². The van der Waals surface area contributed by atoms with Crippen LogP contribution in [-0.4, -0.2) is 22.3 Å². The van der Waals surface area contributed by atoms with Crippen molar-refractivity contribution in [1.29, 1.82) is 0 Å². The number of anilines is 1. The lowest BCUT2D eigenvalue weighted by atomic mass is 10.1. The number of nitrogens with zero attached hydrogens (tertiary/aromatic N) is 2. The van der Waals surface area contributed by atoms with Gasteiger partial charge in [-0.1, -0.05) is 18.2 Å². The Morgan fingerprint density at radius 3 is 2.61 bits per heavy atom. The minimum Gasteiger partial charge on any atom is -0.434 e. The predicted octanol–water partition coefficient (Wildman–Crippen LogP) is 4.44. The molecule has 23 heavy (non-hydrogen) atoms. The van der Waals surface area contributed by atoms with Crippen LogP contribution in [0, 0.1) is 24.0 Å². The molecule has 0 aliphatic heterocycles. The highest BCUT2D eigenvalue weighted by atomic mass is 35.5. The molecule has 1 N–H and O–H groups in total. The topological polar surface area (TPSA) is 77.3 Å². The first-order valence-corrected chi connectivity index (χ1v) is 7.76. The molecular formula is C16H18ClN3O3. The summed E-state index contributed by atoms with van der Waals surface area (Å²) in [5, 5.41) is 14.6. The van der Waals surface area contributed by atoms with E-state index < -0.39 is 4.92 Å². The molecule has 1 aromatic heterocycles. The molecule has 2 rings (SSSR count). The molecule has 0 saturated carbocycles. The van der Waals surface area contributed by atoms with Crippen molar-refractivity contribution in [2.75, 3.05) is 17.7 Å². The Labute approximate surface area is 139 Å². The Balaban J connectivity index is 2.46. The fraction of sp³-hybridized carbons (Fsp3) is 0.312. The monoisotopic (exact) mass is 335 g/mol. The summed E-state index contributed by atoms with van der Waals surface area (Å²) in [5.41, 5.74) is 1.67. The van der Waals surface area contributed by atoms with Gasteiger partial charge in [0.2, 0.25) is 0 Å². The van der Waals surface area contributed by atoms with Gasteiger partial charge >= 0.3 is 11.6 Å². The minimum absolute atomic E-state index is 0.0160. The van der Waals surface area contributed by atoms with E-state index in [4.69, 9.17) is 16.3 Å². The molecule has 0 aliphatic carbocycles. The van der Waals surface area contributed by atoms with Crippen molar-refractivity contribution in [3.05, 3.63) is 51.7 Å². The zero-order valence-electron chi connectivity index (χ0n) is 13.0. The predicted molar refractivity (Wildman–Crippen MR) is 90.7 cm³/mol. The summed E-state index contributed by atoms with van der Waals surface area (Å²) in [5.74, 6) is 0.966. The summed E-state index contributed by atoms with van der Waals surface area (Å²) in [7, 11) is 0. The van der Waals surface area contributed by atoms with Crippen LogP contribution in [0.25, 0.3) is 0 Å². The molecule has 1 heterocycles. The first-order valence-electron chi connectivity index (χ1n) is 7.23. The summed E-state index contributed by atoms with van der Waals surface area (Å²) in [4.78, 5) is 15.3. The molecule has 0 saturated heterocycles. The van der Waals surface area contributed by atoms with Crippen LogP contribution in [0.5, 0.6) is 11.6 Å². The first kappa shape index (κ1) is 17.0. The van der Waals surface area contributed by atoms with E-state index in [0.717, 1.165) is 5.56 Å². The molecule has 122 valence electrons. The summed E-state index contributed by atoms with van der Waals surface area (Å²) in [6.45, 7) is 4.13. The highest BCUT2D eigenvalue weighted by Gasteiger charge is 2.27. The van der Waals surface area contributed by atoms with Gasteiger partial charge in [0.25, 0.3) is 0 Å². The molecular weight excluding hydrogens is 318 g/mol. The van der Waals surface area contributed by atoms with Gasteiger partial charge in [-0.2, -0.15) is 0 Å². The summed E-state index contributed by atoms with van der Waals surface area (Å²) < 4.78 is 5.63. The van der Waals surface area contributed by atoms with E-state index in [0.29, 0.717) is 36.0 Å². The number of hydrogen-bond acceptors (Lipinski definition) is 5. The number of ether oxygens (including phenoxy) is 1. The second-order valence-corrected chi connectivity index (χ2v) is 5.37. The minimum atomic E-state index is -0.471. The van der Waals surface area contributed by atoms with Crippen molar-refractivity contribution in [3.8, 4) is 11.6 Å². The van der Waals surface area contributed by atoms with Gasteiger partial charge in [-0.25, -0.2) is 4.98 Å². The number of para-hydroxylation sites is 1. The largest absolute Gasteiger partial charge is 0.434 e. The maximum absolute atomic E-state index is 11.5. The van der Waals surface area contributed by atoms with Gasteiger partial charge in [-0.15, -0.1) is 11.6 Å². The number of rotatable bonds is 7. The molecule has 7 heteroatoms. The lowest BCUT2D eigenvalue weighted by Gasteiger charge is -2.14. The van der Waals surface area contributed by atoms with Gasteiger partial charge in [0.15, 0.2) is 0 Å². The van der Waals surface area contributed by atoms with E-state index in [1.165, 1.54) is 0 Å². The average Bonchev–Trinajstić information content (AvgIpc) is 2.52. The molecule has 0 radical (unpaired) electrons. The number of halogens is 1. The fourth-order valence-electron chi connectivity index (χ4n) is 2.09. The Morgan fingerprint density at radius 2 is 2.00 bits per heavy atom. The quantitative estimate of drug-likeness (QED) is 0.350. The fourth-order valence-corrected chi connectivity index (χ4v) is 2.23. The third-order valence-corrected chi connectivity index (χ3v) is 3.65. The van der Waals surface area contributed by atoms with Gasteiger partial charge < -0.3 is 10.1 Å². The Kier molecular flexibility index (Phi) is 5.76. The van der Waals surface area contributed by atoms with E-state index in [1.807, 2.05) is 6.07 Å². The molecule has 0 unspecified atom stereocenters. The Bertz CT molecular complexity index is 693. The average molecular weight is 336 g/mol. The molecule has 0 atom stereocenters. The van der Waals surface area contributed by atoms with Gasteiger partial charge in [0.05, 0.1) is 4.92 Å². The maximum Gasteiger partial charge on any atom is 0.354 e. The molecule has 0 aliphatic rings. The smallest absolute Gasteiger partial charge is 0.354 e.